The van der Waals surface area contributed by atoms with Crippen LogP contribution in [0.5, 0.6) is 0 Å². The average molecular weight is 494 g/mol. The van der Waals surface area contributed by atoms with E-state index >= 15 is 0 Å². The first-order chi connectivity index (χ1) is 16.7. The van der Waals surface area contributed by atoms with Crippen molar-refractivity contribution in [2.45, 2.75) is 31.2 Å². The number of carbonyl (C=O) groups is 2. The van der Waals surface area contributed by atoms with Crippen LogP contribution in [-0.2, 0) is 26.0 Å². The van der Waals surface area contributed by atoms with E-state index in [1.807, 2.05) is 43.3 Å². The standard InChI is InChI=1S/C27H31N3O4S/c1-21-11-10-14-24(19-21)30(35(33,34)25-15-8-5-9-16-25)20-26(31)29(22(2)27(32)28-3)18-17-23-12-6-4-7-13-23/h4-16,19,22H,17-18,20H2,1-3H3,(H,28,32). The number of nitrogens with one attached hydrogen (secondary N) is 1. The Kier molecular flexibility index (Phi) is 8.65. The minimum Gasteiger partial charge on any atom is -0.357 e. The first-order valence-corrected chi connectivity index (χ1v) is 12.9. The van der Waals surface area contributed by atoms with Crippen molar-refractivity contribution in [2.75, 3.05) is 24.4 Å². The molecule has 3 aromatic carbocycles. The topological polar surface area (TPSA) is 86.8 Å². The lowest BCUT2D eigenvalue weighted by molar-refractivity contribution is -0.138. The van der Waals surface area contributed by atoms with Crippen LogP contribution in [0.25, 0.3) is 0 Å². The minimum atomic E-state index is -4.03. The number of likely N-dealkylation sites (N-methyl/N-ethyl adjacent to an activating group) is 1. The molecule has 0 heterocycles. The van der Waals surface area contributed by atoms with Crippen molar-refractivity contribution in [1.29, 1.82) is 0 Å². The molecular formula is C27H31N3O4S. The molecule has 3 aromatic rings. The largest absolute Gasteiger partial charge is 0.357 e. The lowest BCUT2D eigenvalue weighted by atomic mass is 10.1. The number of nitrogens with zero attached hydrogens (tertiary/aromatic N) is 2. The smallest absolute Gasteiger partial charge is 0.264 e. The van der Waals surface area contributed by atoms with E-state index in [1.54, 1.807) is 43.3 Å². The van der Waals surface area contributed by atoms with Gasteiger partial charge < -0.3 is 10.2 Å². The summed E-state index contributed by atoms with van der Waals surface area (Å²) in [5.41, 5.74) is 2.27. The molecule has 0 aromatic heterocycles. The summed E-state index contributed by atoms with van der Waals surface area (Å²) >= 11 is 0. The first kappa shape index (κ1) is 26.0. The van der Waals surface area contributed by atoms with E-state index in [-0.39, 0.29) is 17.3 Å². The van der Waals surface area contributed by atoms with Crippen LogP contribution in [-0.4, -0.2) is 51.3 Å². The van der Waals surface area contributed by atoms with Crippen LogP contribution < -0.4 is 9.62 Å². The van der Waals surface area contributed by atoms with Crippen molar-refractivity contribution in [3.63, 3.8) is 0 Å². The van der Waals surface area contributed by atoms with Crippen molar-refractivity contribution in [3.05, 3.63) is 96.1 Å². The van der Waals surface area contributed by atoms with Gasteiger partial charge in [-0.25, -0.2) is 8.42 Å². The van der Waals surface area contributed by atoms with Crippen molar-refractivity contribution < 1.29 is 18.0 Å². The van der Waals surface area contributed by atoms with Gasteiger partial charge in [0.15, 0.2) is 0 Å². The van der Waals surface area contributed by atoms with Crippen molar-refractivity contribution in [1.82, 2.24) is 10.2 Å². The highest BCUT2D eigenvalue weighted by molar-refractivity contribution is 7.92. The quantitative estimate of drug-likeness (QED) is 0.469. The van der Waals surface area contributed by atoms with Crippen LogP contribution in [0.15, 0.2) is 89.8 Å². The summed E-state index contributed by atoms with van der Waals surface area (Å²) in [5, 5.41) is 2.58. The SMILES string of the molecule is CNC(=O)C(C)N(CCc1ccccc1)C(=O)CN(c1cccc(C)c1)S(=O)(=O)c1ccccc1. The second kappa shape index (κ2) is 11.7. The highest BCUT2D eigenvalue weighted by atomic mass is 32.2. The van der Waals surface area contributed by atoms with Crippen LogP contribution in [0.3, 0.4) is 0 Å². The molecule has 0 saturated heterocycles. The zero-order chi connectivity index (χ0) is 25.4. The van der Waals surface area contributed by atoms with E-state index in [9.17, 15) is 18.0 Å². The molecule has 3 rings (SSSR count). The molecule has 35 heavy (non-hydrogen) atoms. The number of anilines is 1. The maximum absolute atomic E-state index is 13.6. The Morgan fingerprint density at radius 1 is 0.914 bits per heavy atom. The van der Waals surface area contributed by atoms with Crippen molar-refractivity contribution in [3.8, 4) is 0 Å². The number of hydrogen-bond donors (Lipinski definition) is 1. The van der Waals surface area contributed by atoms with Gasteiger partial charge in [0.25, 0.3) is 10.0 Å². The summed E-state index contributed by atoms with van der Waals surface area (Å²) in [5.74, 6) is -0.780. The maximum Gasteiger partial charge on any atom is 0.264 e. The Labute approximate surface area is 207 Å². The van der Waals surface area contributed by atoms with E-state index in [0.717, 1.165) is 15.4 Å². The molecule has 2 amide bonds. The van der Waals surface area contributed by atoms with Gasteiger partial charge in [-0.1, -0.05) is 60.7 Å². The molecule has 0 aliphatic rings. The molecule has 1 atom stereocenters. The van der Waals surface area contributed by atoms with E-state index in [0.29, 0.717) is 12.1 Å². The molecule has 0 radical (unpaired) electrons. The summed E-state index contributed by atoms with van der Waals surface area (Å²) in [6, 6.07) is 23.9. The number of hydrogen-bond acceptors (Lipinski definition) is 4. The number of sulfonamides is 1. The summed E-state index contributed by atoms with van der Waals surface area (Å²) in [7, 11) is -2.52. The Hall–Kier alpha value is -3.65. The summed E-state index contributed by atoms with van der Waals surface area (Å²) in [6.07, 6.45) is 0.532. The van der Waals surface area contributed by atoms with Gasteiger partial charge in [-0.3, -0.25) is 13.9 Å². The van der Waals surface area contributed by atoms with Gasteiger partial charge in [0.1, 0.15) is 12.6 Å². The van der Waals surface area contributed by atoms with Gasteiger partial charge in [0.2, 0.25) is 11.8 Å². The molecule has 7 nitrogen and oxygen atoms in total. The third-order valence-corrected chi connectivity index (χ3v) is 7.59. The molecule has 0 bridgehead atoms. The Morgan fingerprint density at radius 2 is 1.54 bits per heavy atom. The fourth-order valence-corrected chi connectivity index (χ4v) is 5.24. The second-order valence-corrected chi connectivity index (χ2v) is 10.1. The van der Waals surface area contributed by atoms with E-state index in [1.165, 1.54) is 24.1 Å². The normalized spacial score (nSPS) is 12.0. The van der Waals surface area contributed by atoms with Crippen LogP contribution in [0.4, 0.5) is 5.69 Å². The van der Waals surface area contributed by atoms with Crippen LogP contribution in [0.2, 0.25) is 0 Å². The lowest BCUT2D eigenvalue weighted by Gasteiger charge is -2.31. The van der Waals surface area contributed by atoms with Gasteiger partial charge in [0, 0.05) is 13.6 Å². The minimum absolute atomic E-state index is 0.0875. The number of aryl methyl sites for hydroxylation is 1. The van der Waals surface area contributed by atoms with Gasteiger partial charge in [-0.05, 0) is 55.7 Å². The van der Waals surface area contributed by atoms with Crippen LogP contribution in [0, 0.1) is 6.92 Å². The molecule has 8 heteroatoms. The van der Waals surface area contributed by atoms with Gasteiger partial charge in [0.05, 0.1) is 10.6 Å². The summed E-state index contributed by atoms with van der Waals surface area (Å²) in [6.45, 7) is 3.34. The van der Waals surface area contributed by atoms with Gasteiger partial charge in [-0.15, -0.1) is 0 Å². The molecule has 0 aliphatic carbocycles. The van der Waals surface area contributed by atoms with E-state index < -0.39 is 28.5 Å². The summed E-state index contributed by atoms with van der Waals surface area (Å²) < 4.78 is 28.3. The van der Waals surface area contributed by atoms with E-state index in [2.05, 4.69) is 5.32 Å². The first-order valence-electron chi connectivity index (χ1n) is 11.4. The van der Waals surface area contributed by atoms with Crippen molar-refractivity contribution >= 4 is 27.5 Å². The van der Waals surface area contributed by atoms with E-state index in [4.69, 9.17) is 0 Å². The number of amides is 2. The molecule has 1 unspecified atom stereocenters. The zero-order valence-corrected chi connectivity index (χ0v) is 21.0. The highest BCUT2D eigenvalue weighted by Crippen LogP contribution is 2.25. The molecule has 184 valence electrons. The predicted molar refractivity (Wildman–Crippen MR) is 138 cm³/mol. The van der Waals surface area contributed by atoms with Gasteiger partial charge >= 0.3 is 0 Å². The molecule has 0 fully saturated rings. The molecule has 0 saturated carbocycles. The van der Waals surface area contributed by atoms with Gasteiger partial charge in [-0.2, -0.15) is 0 Å². The Morgan fingerprint density at radius 3 is 2.14 bits per heavy atom. The Balaban J connectivity index is 1.96. The maximum atomic E-state index is 13.6. The number of carbonyl (C=O) groups excluding carboxylic acids is 2. The second-order valence-electron chi connectivity index (χ2n) is 8.28. The zero-order valence-electron chi connectivity index (χ0n) is 20.2. The highest BCUT2D eigenvalue weighted by Gasteiger charge is 2.32. The molecule has 0 spiro atoms. The third-order valence-electron chi connectivity index (χ3n) is 5.80. The molecular weight excluding hydrogens is 462 g/mol. The van der Waals surface area contributed by atoms with Crippen LogP contribution >= 0.6 is 0 Å². The number of rotatable bonds is 10. The number of benzene rings is 3. The fraction of sp³-hybridized carbons (Fsp3) is 0.259. The predicted octanol–water partition coefficient (Wildman–Crippen LogP) is 3.40. The lowest BCUT2D eigenvalue weighted by Crippen LogP contribution is -2.51. The monoisotopic (exact) mass is 493 g/mol. The van der Waals surface area contributed by atoms with Crippen LogP contribution in [0.1, 0.15) is 18.1 Å². The third kappa shape index (κ3) is 6.48. The molecule has 0 aliphatic heterocycles. The van der Waals surface area contributed by atoms with Crippen molar-refractivity contribution in [2.24, 2.45) is 0 Å². The summed E-state index contributed by atoms with van der Waals surface area (Å²) in [4.78, 5) is 27.6. The Bertz CT molecular complexity index is 1250. The fourth-order valence-electron chi connectivity index (χ4n) is 3.81. The molecule has 1 N–H and O–H groups in total. The average Bonchev–Trinajstić information content (AvgIpc) is 2.87.